The summed E-state index contributed by atoms with van der Waals surface area (Å²) >= 11 is 0. The Balaban J connectivity index is 2.62. The number of allylic oxidation sites excluding steroid dienone is 3. The third kappa shape index (κ3) is 5.58. The van der Waals surface area contributed by atoms with Gasteiger partial charge in [0.05, 0.1) is 4.92 Å². The van der Waals surface area contributed by atoms with Crippen LogP contribution in [0.2, 0.25) is 0 Å². The maximum atomic E-state index is 11.9. The molecular formula is C15H16N2O5. The zero-order valence-corrected chi connectivity index (χ0v) is 12.2. The highest BCUT2D eigenvalue weighted by Crippen LogP contribution is 2.17. The van der Waals surface area contributed by atoms with Crippen LogP contribution in [0.5, 0.6) is 0 Å². The van der Waals surface area contributed by atoms with Gasteiger partial charge in [-0.3, -0.25) is 14.9 Å². The van der Waals surface area contributed by atoms with Crippen molar-refractivity contribution in [3.05, 3.63) is 58.7 Å². The number of nitrogens with one attached hydrogen (secondary N) is 1. The van der Waals surface area contributed by atoms with Crippen LogP contribution in [0.1, 0.15) is 13.8 Å². The van der Waals surface area contributed by atoms with E-state index in [1.54, 1.807) is 19.1 Å². The molecule has 7 heteroatoms. The monoisotopic (exact) mass is 304 g/mol. The highest BCUT2D eigenvalue weighted by atomic mass is 16.6. The third-order valence-corrected chi connectivity index (χ3v) is 2.52. The molecule has 22 heavy (non-hydrogen) atoms. The van der Waals surface area contributed by atoms with E-state index in [1.165, 1.54) is 43.3 Å². The summed E-state index contributed by atoms with van der Waals surface area (Å²) in [6.45, 7) is 3.21. The lowest BCUT2D eigenvalue weighted by molar-refractivity contribution is -0.384. The van der Waals surface area contributed by atoms with E-state index in [2.05, 4.69) is 5.32 Å². The molecule has 0 spiro atoms. The number of esters is 1. The van der Waals surface area contributed by atoms with E-state index >= 15 is 0 Å². The Morgan fingerprint density at radius 3 is 2.73 bits per heavy atom. The van der Waals surface area contributed by atoms with Gasteiger partial charge < -0.3 is 10.1 Å². The molecule has 0 saturated heterocycles. The number of hydrogen-bond donors (Lipinski definition) is 1. The maximum absolute atomic E-state index is 11.9. The van der Waals surface area contributed by atoms with E-state index < -0.39 is 22.9 Å². The first-order chi connectivity index (χ1) is 10.4. The number of amides is 1. The molecule has 0 aliphatic rings. The molecule has 0 aliphatic heterocycles. The van der Waals surface area contributed by atoms with Crippen molar-refractivity contribution in [1.82, 2.24) is 0 Å². The van der Waals surface area contributed by atoms with Crippen LogP contribution >= 0.6 is 0 Å². The first kappa shape index (κ1) is 17.1. The van der Waals surface area contributed by atoms with Crippen molar-refractivity contribution in [2.24, 2.45) is 0 Å². The lowest BCUT2D eigenvalue weighted by Gasteiger charge is -2.12. The topological polar surface area (TPSA) is 98.5 Å². The number of benzene rings is 1. The van der Waals surface area contributed by atoms with Crippen molar-refractivity contribution >= 4 is 23.3 Å². The number of hydrogen-bond acceptors (Lipinski definition) is 5. The summed E-state index contributed by atoms with van der Waals surface area (Å²) in [5.41, 5.74) is 0.114. The van der Waals surface area contributed by atoms with Crippen LogP contribution in [0.15, 0.2) is 48.6 Å². The summed E-state index contributed by atoms with van der Waals surface area (Å²) in [7, 11) is 0. The number of carbonyl (C=O) groups excluding carboxylic acids is 2. The Bertz CT molecular complexity index is 622. The molecule has 1 N–H and O–H groups in total. The van der Waals surface area contributed by atoms with Gasteiger partial charge in [0.2, 0.25) is 0 Å². The van der Waals surface area contributed by atoms with Crippen molar-refractivity contribution in [2.75, 3.05) is 5.32 Å². The molecule has 0 radical (unpaired) electrons. The van der Waals surface area contributed by atoms with E-state index in [4.69, 9.17) is 4.74 Å². The molecule has 7 nitrogen and oxygen atoms in total. The van der Waals surface area contributed by atoms with Crippen LogP contribution in [0.3, 0.4) is 0 Å². The molecule has 0 bridgehead atoms. The van der Waals surface area contributed by atoms with Crippen molar-refractivity contribution in [3.63, 3.8) is 0 Å². The number of anilines is 1. The van der Waals surface area contributed by atoms with E-state index in [-0.39, 0.29) is 11.4 Å². The zero-order valence-electron chi connectivity index (χ0n) is 12.2. The van der Waals surface area contributed by atoms with Crippen molar-refractivity contribution < 1.29 is 19.2 Å². The van der Waals surface area contributed by atoms with Gasteiger partial charge in [0.15, 0.2) is 6.10 Å². The smallest absolute Gasteiger partial charge is 0.331 e. The fourth-order valence-corrected chi connectivity index (χ4v) is 1.45. The lowest BCUT2D eigenvalue weighted by atomic mass is 10.2. The summed E-state index contributed by atoms with van der Waals surface area (Å²) in [6, 6.07) is 5.49. The van der Waals surface area contributed by atoms with Gasteiger partial charge in [-0.15, -0.1) is 0 Å². The average Bonchev–Trinajstić information content (AvgIpc) is 2.47. The summed E-state index contributed by atoms with van der Waals surface area (Å²) in [5.74, 6) is -1.23. The molecular weight excluding hydrogens is 288 g/mol. The minimum absolute atomic E-state index is 0.142. The molecule has 0 saturated carbocycles. The van der Waals surface area contributed by atoms with Gasteiger partial charge in [-0.1, -0.05) is 24.3 Å². The first-order valence-corrected chi connectivity index (χ1v) is 6.49. The second-order valence-electron chi connectivity index (χ2n) is 4.26. The molecule has 1 atom stereocenters. The number of nitro benzene ring substituents is 1. The lowest BCUT2D eigenvalue weighted by Crippen LogP contribution is -2.29. The number of carbonyl (C=O) groups is 2. The molecule has 1 rings (SSSR count). The van der Waals surface area contributed by atoms with Crippen LogP contribution < -0.4 is 5.32 Å². The summed E-state index contributed by atoms with van der Waals surface area (Å²) in [6.07, 6.45) is 5.05. The molecule has 0 aromatic heterocycles. The van der Waals surface area contributed by atoms with Crippen molar-refractivity contribution in [3.8, 4) is 0 Å². The molecule has 1 aromatic rings. The standard InChI is InChI=1S/C15H16N2O5/c1-3-4-5-9-14(18)22-11(2)15(19)16-12-7-6-8-13(10-12)17(20)21/h3-11H,1-2H3,(H,16,19). The summed E-state index contributed by atoms with van der Waals surface area (Å²) in [5, 5.41) is 13.1. The van der Waals surface area contributed by atoms with Crippen LogP contribution in [-0.2, 0) is 14.3 Å². The number of ether oxygens (including phenoxy) is 1. The molecule has 0 heterocycles. The third-order valence-electron chi connectivity index (χ3n) is 2.52. The van der Waals surface area contributed by atoms with E-state index in [0.717, 1.165) is 0 Å². The van der Waals surface area contributed by atoms with E-state index in [0.29, 0.717) is 0 Å². The van der Waals surface area contributed by atoms with Gasteiger partial charge >= 0.3 is 5.97 Å². The van der Waals surface area contributed by atoms with Gasteiger partial charge in [-0.2, -0.15) is 0 Å². The minimum atomic E-state index is -1.03. The van der Waals surface area contributed by atoms with Gasteiger partial charge in [-0.05, 0) is 19.9 Å². The predicted octanol–water partition coefficient (Wildman–Crippen LogP) is 2.60. The maximum Gasteiger partial charge on any atom is 0.331 e. The largest absolute Gasteiger partial charge is 0.449 e. The molecule has 1 aromatic carbocycles. The van der Waals surface area contributed by atoms with Crippen LogP contribution in [0.25, 0.3) is 0 Å². The SMILES string of the molecule is CC=CC=CC(=O)OC(C)C(=O)Nc1cccc([N+](=O)[O-])c1. The van der Waals surface area contributed by atoms with E-state index in [9.17, 15) is 19.7 Å². The Labute approximate surface area is 127 Å². The first-order valence-electron chi connectivity index (χ1n) is 6.49. The van der Waals surface area contributed by atoms with Crippen LogP contribution in [0, 0.1) is 10.1 Å². The minimum Gasteiger partial charge on any atom is -0.449 e. The summed E-state index contributed by atoms with van der Waals surface area (Å²) in [4.78, 5) is 33.4. The van der Waals surface area contributed by atoms with Crippen molar-refractivity contribution in [1.29, 1.82) is 0 Å². The molecule has 116 valence electrons. The second-order valence-corrected chi connectivity index (χ2v) is 4.26. The van der Waals surface area contributed by atoms with Crippen LogP contribution in [-0.4, -0.2) is 22.9 Å². The highest BCUT2D eigenvalue weighted by Gasteiger charge is 2.17. The average molecular weight is 304 g/mol. The van der Waals surface area contributed by atoms with Gasteiger partial charge in [0.1, 0.15) is 0 Å². The van der Waals surface area contributed by atoms with Gasteiger partial charge in [0, 0.05) is 23.9 Å². The molecule has 0 fully saturated rings. The Morgan fingerprint density at radius 2 is 2.09 bits per heavy atom. The zero-order chi connectivity index (χ0) is 16.5. The second kappa shape index (κ2) is 8.35. The number of non-ortho nitro benzene ring substituents is 1. The fraction of sp³-hybridized carbons (Fsp3) is 0.200. The molecule has 0 aliphatic carbocycles. The predicted molar refractivity (Wildman–Crippen MR) is 81.2 cm³/mol. The van der Waals surface area contributed by atoms with E-state index in [1.807, 2.05) is 0 Å². The molecule has 1 unspecified atom stereocenters. The normalized spacial score (nSPS) is 12.3. The van der Waals surface area contributed by atoms with Crippen LogP contribution in [0.4, 0.5) is 11.4 Å². The highest BCUT2D eigenvalue weighted by molar-refractivity contribution is 5.96. The quantitative estimate of drug-likeness (QED) is 0.286. The Hall–Kier alpha value is -2.96. The summed E-state index contributed by atoms with van der Waals surface area (Å²) < 4.78 is 4.90. The van der Waals surface area contributed by atoms with Gasteiger partial charge in [0.25, 0.3) is 11.6 Å². The Kier molecular flexibility index (Phi) is 6.49. The van der Waals surface area contributed by atoms with Crippen molar-refractivity contribution in [2.45, 2.75) is 20.0 Å². The number of nitrogens with zero attached hydrogens (tertiary/aromatic N) is 1. The number of nitro groups is 1. The number of rotatable bonds is 6. The van der Waals surface area contributed by atoms with Gasteiger partial charge in [-0.25, -0.2) is 4.79 Å². The Morgan fingerprint density at radius 1 is 1.36 bits per heavy atom. The fourth-order valence-electron chi connectivity index (χ4n) is 1.45. The molecule has 1 amide bonds.